The van der Waals surface area contributed by atoms with E-state index >= 15 is 0 Å². The number of rotatable bonds is 8. The highest BCUT2D eigenvalue weighted by molar-refractivity contribution is 7.89. The maximum atomic E-state index is 13.1. The molecule has 158 valence electrons. The van der Waals surface area contributed by atoms with Gasteiger partial charge >= 0.3 is 0 Å². The average Bonchev–Trinajstić information content (AvgIpc) is 3.24. The van der Waals surface area contributed by atoms with E-state index in [1.54, 1.807) is 18.6 Å². The number of aromatic nitrogens is 2. The van der Waals surface area contributed by atoms with Crippen LogP contribution in [0.5, 0.6) is 5.75 Å². The molecule has 1 fully saturated rings. The number of methoxy groups -OCH3 is 1. The van der Waals surface area contributed by atoms with Crippen molar-refractivity contribution in [2.24, 2.45) is 5.92 Å². The highest BCUT2D eigenvalue weighted by Crippen LogP contribution is 2.31. The summed E-state index contributed by atoms with van der Waals surface area (Å²) in [5, 5.41) is 3.23. The second kappa shape index (κ2) is 9.60. The molecule has 1 aromatic heterocycles. The number of halogens is 1. The van der Waals surface area contributed by atoms with Crippen molar-refractivity contribution >= 4 is 27.5 Å². The van der Waals surface area contributed by atoms with Gasteiger partial charge in [-0.3, -0.25) is 4.79 Å². The Kier molecular flexibility index (Phi) is 7.15. The fourth-order valence-corrected chi connectivity index (χ4v) is 5.34. The van der Waals surface area contributed by atoms with Crippen molar-refractivity contribution in [3.63, 3.8) is 0 Å². The number of benzene rings is 1. The van der Waals surface area contributed by atoms with Gasteiger partial charge in [-0.25, -0.2) is 13.4 Å². The zero-order chi connectivity index (χ0) is 20.9. The van der Waals surface area contributed by atoms with Crippen molar-refractivity contribution in [1.82, 2.24) is 19.2 Å². The molecule has 10 heteroatoms. The number of carbonyl (C=O) groups excluding carboxylic acids is 1. The van der Waals surface area contributed by atoms with E-state index in [9.17, 15) is 13.2 Å². The number of aryl methyl sites for hydroxylation is 1. The molecule has 1 aromatic carbocycles. The molecule has 0 aliphatic carbocycles. The summed E-state index contributed by atoms with van der Waals surface area (Å²) in [5.41, 5.74) is 0. The van der Waals surface area contributed by atoms with E-state index in [1.165, 1.54) is 23.5 Å². The van der Waals surface area contributed by atoms with Crippen molar-refractivity contribution in [1.29, 1.82) is 0 Å². The van der Waals surface area contributed by atoms with E-state index in [-0.39, 0.29) is 29.0 Å². The second-order valence-corrected chi connectivity index (χ2v) is 9.29. The van der Waals surface area contributed by atoms with Gasteiger partial charge in [-0.15, -0.1) is 0 Å². The first-order chi connectivity index (χ1) is 13.9. The topological polar surface area (TPSA) is 93.5 Å². The zero-order valence-corrected chi connectivity index (χ0v) is 17.8. The van der Waals surface area contributed by atoms with Crippen molar-refractivity contribution in [3.8, 4) is 5.75 Å². The molecule has 3 rings (SSSR count). The van der Waals surface area contributed by atoms with E-state index in [0.717, 1.165) is 13.0 Å². The molecule has 2 aromatic rings. The molecular formula is C19H25ClN4O4S. The summed E-state index contributed by atoms with van der Waals surface area (Å²) in [5.74, 6) is -0.258. The molecule has 0 radical (unpaired) electrons. The van der Waals surface area contributed by atoms with Gasteiger partial charge in [0, 0.05) is 43.6 Å². The van der Waals surface area contributed by atoms with Gasteiger partial charge in [-0.05, 0) is 37.5 Å². The smallest absolute Gasteiger partial charge is 0.246 e. The van der Waals surface area contributed by atoms with Crippen LogP contribution in [0.1, 0.15) is 19.3 Å². The van der Waals surface area contributed by atoms with Gasteiger partial charge < -0.3 is 14.6 Å². The quantitative estimate of drug-likeness (QED) is 0.635. The summed E-state index contributed by atoms with van der Waals surface area (Å²) in [6, 6.07) is 4.49. The fourth-order valence-electron chi connectivity index (χ4n) is 3.40. The number of sulfonamides is 1. The Hall–Kier alpha value is -2.10. The Balaban J connectivity index is 1.60. The maximum absolute atomic E-state index is 13.1. The van der Waals surface area contributed by atoms with Gasteiger partial charge in [0.1, 0.15) is 10.6 Å². The predicted molar refractivity (Wildman–Crippen MR) is 109 cm³/mol. The molecule has 1 saturated heterocycles. The lowest BCUT2D eigenvalue weighted by molar-refractivity contribution is -0.126. The van der Waals surface area contributed by atoms with Gasteiger partial charge in [0.2, 0.25) is 15.9 Å². The Morgan fingerprint density at radius 2 is 2.24 bits per heavy atom. The van der Waals surface area contributed by atoms with Crippen LogP contribution in [0.25, 0.3) is 0 Å². The molecule has 0 bridgehead atoms. The van der Waals surface area contributed by atoms with Crippen LogP contribution in [0.3, 0.4) is 0 Å². The molecule has 0 unspecified atom stereocenters. The Bertz CT molecular complexity index is 934. The largest absolute Gasteiger partial charge is 0.495 e. The van der Waals surface area contributed by atoms with E-state index in [0.29, 0.717) is 31.0 Å². The van der Waals surface area contributed by atoms with Gasteiger partial charge in [0.25, 0.3) is 0 Å². The molecule has 1 aliphatic rings. The number of piperidine rings is 1. The van der Waals surface area contributed by atoms with Gasteiger partial charge in [-0.1, -0.05) is 11.6 Å². The van der Waals surface area contributed by atoms with E-state index in [1.807, 2.05) is 10.8 Å². The minimum atomic E-state index is -3.81. The van der Waals surface area contributed by atoms with Crippen LogP contribution in [-0.2, 0) is 21.4 Å². The van der Waals surface area contributed by atoms with E-state index in [2.05, 4.69) is 10.3 Å². The number of hydrogen-bond acceptors (Lipinski definition) is 5. The minimum absolute atomic E-state index is 0.0221. The average molecular weight is 441 g/mol. The molecule has 0 spiro atoms. The van der Waals surface area contributed by atoms with Crippen LogP contribution >= 0.6 is 11.6 Å². The van der Waals surface area contributed by atoms with Gasteiger partial charge in [0.05, 0.1) is 19.4 Å². The van der Waals surface area contributed by atoms with Crippen LogP contribution in [0.4, 0.5) is 0 Å². The molecule has 29 heavy (non-hydrogen) atoms. The van der Waals surface area contributed by atoms with Crippen LogP contribution < -0.4 is 10.1 Å². The number of carbonyl (C=O) groups is 1. The van der Waals surface area contributed by atoms with Crippen molar-refractivity contribution < 1.29 is 17.9 Å². The van der Waals surface area contributed by atoms with E-state index < -0.39 is 10.0 Å². The summed E-state index contributed by atoms with van der Waals surface area (Å²) < 4.78 is 34.7. The first-order valence-corrected chi connectivity index (χ1v) is 11.3. The molecule has 0 saturated carbocycles. The lowest BCUT2D eigenvalue weighted by Crippen LogP contribution is -2.45. The molecule has 8 nitrogen and oxygen atoms in total. The van der Waals surface area contributed by atoms with Gasteiger partial charge in [-0.2, -0.15) is 4.31 Å². The van der Waals surface area contributed by atoms with Crippen LogP contribution in [0, 0.1) is 5.92 Å². The normalized spacial score (nSPS) is 17.8. The summed E-state index contributed by atoms with van der Waals surface area (Å²) in [4.78, 5) is 16.5. The third kappa shape index (κ3) is 5.29. The minimum Gasteiger partial charge on any atom is -0.495 e. The zero-order valence-electron chi connectivity index (χ0n) is 16.3. The number of hydrogen-bond donors (Lipinski definition) is 1. The first kappa shape index (κ1) is 21.6. The Morgan fingerprint density at radius 1 is 1.41 bits per heavy atom. The molecular weight excluding hydrogens is 416 g/mol. The molecule has 1 amide bonds. The summed E-state index contributed by atoms with van der Waals surface area (Å²) in [6.07, 6.45) is 7.37. The summed E-state index contributed by atoms with van der Waals surface area (Å²) in [6.45, 7) is 1.80. The standard InChI is InChI=1S/C19H25ClN4O4S/c1-28-17-6-5-16(20)12-18(17)29(26,27)24-10-2-4-15(13-24)19(25)22-7-3-9-23-11-8-21-14-23/h5-6,8,11-12,14-15H,2-4,7,9-10,13H2,1H3,(H,22,25)/t15-/m0/s1. The third-order valence-corrected chi connectivity index (χ3v) is 7.07. The highest BCUT2D eigenvalue weighted by Gasteiger charge is 2.34. The monoisotopic (exact) mass is 440 g/mol. The lowest BCUT2D eigenvalue weighted by Gasteiger charge is -2.31. The molecule has 1 N–H and O–H groups in total. The van der Waals surface area contributed by atoms with E-state index in [4.69, 9.17) is 16.3 Å². The number of nitrogens with zero attached hydrogens (tertiary/aromatic N) is 3. The van der Waals surface area contributed by atoms with Crippen LogP contribution in [-0.4, -0.2) is 54.9 Å². The summed E-state index contributed by atoms with van der Waals surface area (Å²) >= 11 is 6.00. The van der Waals surface area contributed by atoms with Crippen LogP contribution in [0.2, 0.25) is 5.02 Å². The summed E-state index contributed by atoms with van der Waals surface area (Å²) in [7, 11) is -2.40. The van der Waals surface area contributed by atoms with Crippen molar-refractivity contribution in [3.05, 3.63) is 41.9 Å². The number of ether oxygens (including phenoxy) is 1. The number of amides is 1. The Labute approximate surface area is 175 Å². The second-order valence-electron chi connectivity index (χ2n) is 6.94. The maximum Gasteiger partial charge on any atom is 0.246 e. The molecule has 1 aliphatic heterocycles. The SMILES string of the molecule is COc1ccc(Cl)cc1S(=O)(=O)N1CCC[C@H](C(=O)NCCCn2ccnc2)C1. The van der Waals surface area contributed by atoms with Crippen LogP contribution in [0.15, 0.2) is 41.8 Å². The van der Waals surface area contributed by atoms with Gasteiger partial charge in [0.15, 0.2) is 0 Å². The lowest BCUT2D eigenvalue weighted by atomic mass is 9.99. The molecule has 2 heterocycles. The number of imidazole rings is 1. The van der Waals surface area contributed by atoms with Crippen molar-refractivity contribution in [2.45, 2.75) is 30.7 Å². The molecule has 1 atom stereocenters. The number of nitrogens with one attached hydrogen (secondary N) is 1. The highest BCUT2D eigenvalue weighted by atomic mass is 35.5. The Morgan fingerprint density at radius 3 is 2.97 bits per heavy atom. The van der Waals surface area contributed by atoms with Crippen molar-refractivity contribution in [2.75, 3.05) is 26.7 Å². The predicted octanol–water partition coefficient (Wildman–Crippen LogP) is 2.15. The fraction of sp³-hybridized carbons (Fsp3) is 0.474. The first-order valence-electron chi connectivity index (χ1n) is 9.49. The third-order valence-electron chi connectivity index (χ3n) is 4.95.